The topological polar surface area (TPSA) is 66.4 Å². The number of carboxylic acids is 1. The Bertz CT molecular complexity index is 317. The van der Waals surface area contributed by atoms with Crippen LogP contribution < -0.4 is 5.32 Å². The van der Waals surface area contributed by atoms with Gasteiger partial charge in [-0.05, 0) is 24.2 Å². The Balaban J connectivity index is 4.58. The van der Waals surface area contributed by atoms with Gasteiger partial charge in [-0.15, -0.1) is 0 Å². The van der Waals surface area contributed by atoms with Gasteiger partial charge in [0.05, 0.1) is 5.41 Å². The average molecular weight is 271 g/mol. The van der Waals surface area contributed by atoms with Crippen molar-refractivity contribution < 1.29 is 14.7 Å². The van der Waals surface area contributed by atoms with Crippen LogP contribution in [0.3, 0.4) is 0 Å². The third kappa shape index (κ3) is 4.84. The van der Waals surface area contributed by atoms with E-state index in [4.69, 9.17) is 0 Å². The zero-order valence-corrected chi connectivity index (χ0v) is 13.2. The molecule has 0 radical (unpaired) electrons. The number of carboxylic acid groups (broad SMARTS) is 1. The Kier molecular flexibility index (Phi) is 6.53. The molecule has 0 spiro atoms. The SMILES string of the molecule is CCC(CC)(CC(=O)NCC(C)(C)C(C)C)C(=O)O. The maximum Gasteiger partial charge on any atom is 0.310 e. The largest absolute Gasteiger partial charge is 0.481 e. The summed E-state index contributed by atoms with van der Waals surface area (Å²) in [6.07, 6.45) is 1.00. The van der Waals surface area contributed by atoms with E-state index in [1.54, 1.807) is 0 Å². The van der Waals surface area contributed by atoms with Crippen LogP contribution in [0.1, 0.15) is 60.8 Å². The van der Waals surface area contributed by atoms with Crippen LogP contribution in [-0.2, 0) is 9.59 Å². The van der Waals surface area contributed by atoms with Gasteiger partial charge in [0.15, 0.2) is 0 Å². The summed E-state index contributed by atoms with van der Waals surface area (Å²) < 4.78 is 0. The Labute approximate surface area is 117 Å². The highest BCUT2D eigenvalue weighted by Crippen LogP contribution is 2.31. The van der Waals surface area contributed by atoms with Gasteiger partial charge < -0.3 is 10.4 Å². The van der Waals surface area contributed by atoms with Crippen molar-refractivity contribution in [1.82, 2.24) is 5.32 Å². The van der Waals surface area contributed by atoms with E-state index in [1.165, 1.54) is 0 Å². The van der Waals surface area contributed by atoms with Crippen LogP contribution >= 0.6 is 0 Å². The van der Waals surface area contributed by atoms with Crippen molar-refractivity contribution in [3.8, 4) is 0 Å². The number of aliphatic carboxylic acids is 1. The number of nitrogens with one attached hydrogen (secondary N) is 1. The maximum atomic E-state index is 12.0. The van der Waals surface area contributed by atoms with E-state index in [9.17, 15) is 14.7 Å². The maximum absolute atomic E-state index is 12.0. The van der Waals surface area contributed by atoms with Gasteiger partial charge in [0.2, 0.25) is 5.91 Å². The summed E-state index contributed by atoms with van der Waals surface area (Å²) in [7, 11) is 0. The Morgan fingerprint density at radius 1 is 1.16 bits per heavy atom. The fourth-order valence-corrected chi connectivity index (χ4v) is 1.78. The Morgan fingerprint density at radius 3 is 1.95 bits per heavy atom. The number of rotatable bonds is 8. The third-order valence-electron chi connectivity index (χ3n) is 4.61. The van der Waals surface area contributed by atoms with Crippen molar-refractivity contribution in [2.24, 2.45) is 16.7 Å². The highest BCUT2D eigenvalue weighted by molar-refractivity contribution is 5.84. The monoisotopic (exact) mass is 271 g/mol. The molecule has 0 heterocycles. The molecule has 0 unspecified atom stereocenters. The van der Waals surface area contributed by atoms with Gasteiger partial charge >= 0.3 is 5.97 Å². The molecule has 4 nitrogen and oxygen atoms in total. The predicted molar refractivity (Wildman–Crippen MR) is 76.9 cm³/mol. The molecule has 0 saturated carbocycles. The van der Waals surface area contributed by atoms with Crippen LogP contribution in [0.25, 0.3) is 0 Å². The van der Waals surface area contributed by atoms with Crippen LogP contribution in [0, 0.1) is 16.7 Å². The second-order valence-corrected chi connectivity index (χ2v) is 6.39. The van der Waals surface area contributed by atoms with Gasteiger partial charge in [-0.25, -0.2) is 0 Å². The molecule has 0 fully saturated rings. The molecule has 0 aromatic carbocycles. The highest BCUT2D eigenvalue weighted by Gasteiger charge is 2.37. The first-order valence-electron chi connectivity index (χ1n) is 7.11. The molecule has 0 aliphatic carbocycles. The summed E-state index contributed by atoms with van der Waals surface area (Å²) in [6, 6.07) is 0. The van der Waals surface area contributed by atoms with Crippen molar-refractivity contribution in [3.05, 3.63) is 0 Å². The highest BCUT2D eigenvalue weighted by atomic mass is 16.4. The average Bonchev–Trinajstić information content (AvgIpc) is 2.33. The Hall–Kier alpha value is -1.06. The van der Waals surface area contributed by atoms with E-state index in [1.807, 2.05) is 13.8 Å². The molecule has 0 rings (SSSR count). The molecule has 19 heavy (non-hydrogen) atoms. The summed E-state index contributed by atoms with van der Waals surface area (Å²) in [4.78, 5) is 23.3. The van der Waals surface area contributed by atoms with Crippen molar-refractivity contribution in [2.75, 3.05) is 6.54 Å². The quantitative estimate of drug-likeness (QED) is 0.713. The molecule has 0 atom stereocenters. The first-order valence-corrected chi connectivity index (χ1v) is 7.11. The molecule has 0 saturated heterocycles. The molecule has 2 N–H and O–H groups in total. The summed E-state index contributed by atoms with van der Waals surface area (Å²) in [5, 5.41) is 12.2. The molecule has 0 bridgehead atoms. The molecule has 4 heteroatoms. The summed E-state index contributed by atoms with van der Waals surface area (Å²) in [5.41, 5.74) is -0.911. The third-order valence-corrected chi connectivity index (χ3v) is 4.61. The second-order valence-electron chi connectivity index (χ2n) is 6.39. The van der Waals surface area contributed by atoms with E-state index in [2.05, 4.69) is 33.0 Å². The van der Waals surface area contributed by atoms with Crippen LogP contribution in [0.2, 0.25) is 0 Å². The van der Waals surface area contributed by atoms with E-state index in [-0.39, 0.29) is 17.7 Å². The van der Waals surface area contributed by atoms with Gasteiger partial charge in [0, 0.05) is 13.0 Å². The smallest absolute Gasteiger partial charge is 0.310 e. The van der Waals surface area contributed by atoms with Gasteiger partial charge in [-0.2, -0.15) is 0 Å². The molecule has 0 aliphatic rings. The lowest BCUT2D eigenvalue weighted by atomic mass is 9.78. The number of carbonyl (C=O) groups is 2. The fourth-order valence-electron chi connectivity index (χ4n) is 1.78. The van der Waals surface area contributed by atoms with Crippen molar-refractivity contribution >= 4 is 11.9 Å². The lowest BCUT2D eigenvalue weighted by molar-refractivity contribution is -0.152. The number of hydrogen-bond acceptors (Lipinski definition) is 2. The summed E-state index contributed by atoms with van der Waals surface area (Å²) in [6.45, 7) is 12.7. The predicted octanol–water partition coefficient (Wildman–Crippen LogP) is 3.07. The molecular weight excluding hydrogens is 242 g/mol. The molecular formula is C15H29NO3. The Morgan fingerprint density at radius 2 is 1.63 bits per heavy atom. The molecule has 0 aliphatic heterocycles. The zero-order valence-electron chi connectivity index (χ0n) is 13.2. The summed E-state index contributed by atoms with van der Waals surface area (Å²) in [5.74, 6) is -0.593. The van der Waals surface area contributed by atoms with E-state index in [0.29, 0.717) is 25.3 Å². The van der Waals surface area contributed by atoms with Crippen molar-refractivity contribution in [3.63, 3.8) is 0 Å². The van der Waals surface area contributed by atoms with Crippen LogP contribution in [0.5, 0.6) is 0 Å². The van der Waals surface area contributed by atoms with Gasteiger partial charge in [-0.3, -0.25) is 9.59 Å². The minimum Gasteiger partial charge on any atom is -0.481 e. The van der Waals surface area contributed by atoms with E-state index >= 15 is 0 Å². The van der Waals surface area contributed by atoms with Gasteiger partial charge in [-0.1, -0.05) is 41.5 Å². The van der Waals surface area contributed by atoms with Crippen LogP contribution in [0.15, 0.2) is 0 Å². The zero-order chi connectivity index (χ0) is 15.3. The van der Waals surface area contributed by atoms with Crippen LogP contribution in [0.4, 0.5) is 0 Å². The molecule has 1 amide bonds. The van der Waals surface area contributed by atoms with Gasteiger partial charge in [0.25, 0.3) is 0 Å². The fraction of sp³-hybridized carbons (Fsp3) is 0.867. The standard InChI is InChI=1S/C15H29NO3/c1-7-15(8-2,13(18)19)9-12(17)16-10-14(5,6)11(3)4/h11H,7-10H2,1-6H3,(H,16,17)(H,18,19). The number of hydrogen-bond donors (Lipinski definition) is 2. The minimum atomic E-state index is -0.925. The van der Waals surface area contributed by atoms with Crippen LogP contribution in [-0.4, -0.2) is 23.5 Å². The molecule has 0 aromatic heterocycles. The van der Waals surface area contributed by atoms with E-state index < -0.39 is 11.4 Å². The summed E-state index contributed by atoms with van der Waals surface area (Å²) >= 11 is 0. The van der Waals surface area contributed by atoms with E-state index in [0.717, 1.165) is 0 Å². The lowest BCUT2D eigenvalue weighted by Crippen LogP contribution is -2.41. The normalized spacial score (nSPS) is 12.6. The first kappa shape index (κ1) is 17.9. The van der Waals surface area contributed by atoms with Crippen molar-refractivity contribution in [2.45, 2.75) is 60.8 Å². The van der Waals surface area contributed by atoms with Gasteiger partial charge in [0.1, 0.15) is 0 Å². The first-order chi connectivity index (χ1) is 8.61. The molecule has 112 valence electrons. The number of carbonyl (C=O) groups excluding carboxylic acids is 1. The second kappa shape index (κ2) is 6.92. The minimum absolute atomic E-state index is 0.0139. The lowest BCUT2D eigenvalue weighted by Gasteiger charge is -2.31. The number of amides is 1. The van der Waals surface area contributed by atoms with Crippen molar-refractivity contribution in [1.29, 1.82) is 0 Å². The molecule has 0 aromatic rings.